The van der Waals surface area contributed by atoms with Crippen molar-refractivity contribution < 1.29 is 0 Å². The normalized spacial score (nSPS) is 15.5. The molecule has 0 unspecified atom stereocenters. The van der Waals surface area contributed by atoms with E-state index in [1.54, 1.807) is 11.1 Å². The van der Waals surface area contributed by atoms with Crippen LogP contribution in [-0.2, 0) is 18.3 Å². The highest BCUT2D eigenvalue weighted by Gasteiger charge is 2.21. The van der Waals surface area contributed by atoms with Crippen LogP contribution in [0.5, 0.6) is 0 Å². The molecule has 0 heterocycles. The third kappa shape index (κ3) is 3.12. The van der Waals surface area contributed by atoms with E-state index in [0.29, 0.717) is 0 Å². The predicted octanol–water partition coefficient (Wildman–Crippen LogP) is 2.61. The molecule has 100 valence electrons. The molecule has 1 aliphatic carbocycles. The van der Waals surface area contributed by atoms with Gasteiger partial charge in [0.1, 0.15) is 0 Å². The first-order valence-electron chi connectivity index (χ1n) is 7.11. The minimum absolute atomic E-state index is 0.198. The van der Waals surface area contributed by atoms with Gasteiger partial charge in [0.25, 0.3) is 0 Å². The van der Waals surface area contributed by atoms with Crippen LogP contribution in [0.3, 0.4) is 0 Å². The maximum absolute atomic E-state index is 3.44. The van der Waals surface area contributed by atoms with Crippen LogP contribution in [0.1, 0.15) is 43.4 Å². The number of fused-ring (bicyclic) bond motifs is 1. The minimum atomic E-state index is 0.198. The van der Waals surface area contributed by atoms with Crippen molar-refractivity contribution in [2.24, 2.45) is 0 Å². The Labute approximate surface area is 111 Å². The van der Waals surface area contributed by atoms with Crippen LogP contribution in [0, 0.1) is 0 Å². The zero-order valence-electron chi connectivity index (χ0n) is 12.0. The van der Waals surface area contributed by atoms with Gasteiger partial charge in [0, 0.05) is 18.6 Å². The molecule has 0 radical (unpaired) electrons. The highest BCUT2D eigenvalue weighted by atomic mass is 15.0. The molecule has 0 saturated carbocycles. The molecule has 0 bridgehead atoms. The summed E-state index contributed by atoms with van der Waals surface area (Å²) in [7, 11) is 1.97. The fraction of sp³-hybridized carbons (Fsp3) is 0.625. The third-order valence-electron chi connectivity index (χ3n) is 4.00. The van der Waals surface area contributed by atoms with Gasteiger partial charge in [0.2, 0.25) is 0 Å². The molecule has 2 nitrogen and oxygen atoms in total. The van der Waals surface area contributed by atoms with Gasteiger partial charge in [-0.15, -0.1) is 0 Å². The summed E-state index contributed by atoms with van der Waals surface area (Å²) in [4.78, 5) is 0. The van der Waals surface area contributed by atoms with E-state index in [4.69, 9.17) is 0 Å². The van der Waals surface area contributed by atoms with Crippen LogP contribution < -0.4 is 10.6 Å². The van der Waals surface area contributed by atoms with E-state index in [2.05, 4.69) is 42.7 Å². The zero-order valence-corrected chi connectivity index (χ0v) is 12.0. The lowest BCUT2D eigenvalue weighted by atomic mass is 9.81. The minimum Gasteiger partial charge on any atom is -0.308 e. The van der Waals surface area contributed by atoms with Crippen LogP contribution in [0.15, 0.2) is 18.2 Å². The van der Waals surface area contributed by atoms with E-state index in [1.807, 2.05) is 7.05 Å². The number of hydrogen-bond acceptors (Lipinski definition) is 2. The smallest absolute Gasteiger partial charge is 0.0452 e. The van der Waals surface area contributed by atoms with Gasteiger partial charge in [0.05, 0.1) is 0 Å². The van der Waals surface area contributed by atoms with E-state index in [0.717, 1.165) is 13.2 Å². The largest absolute Gasteiger partial charge is 0.308 e. The molecule has 0 saturated heterocycles. The SMILES string of the molecule is CNCNCC(C)(C)c1ccc2c(c1)CCCC2. The molecule has 18 heavy (non-hydrogen) atoms. The van der Waals surface area contributed by atoms with Crippen molar-refractivity contribution in [3.05, 3.63) is 34.9 Å². The Hall–Kier alpha value is -0.860. The Morgan fingerprint density at radius 1 is 1.11 bits per heavy atom. The molecule has 2 rings (SSSR count). The second-order valence-corrected chi connectivity index (χ2v) is 6.03. The quantitative estimate of drug-likeness (QED) is 0.616. The van der Waals surface area contributed by atoms with Gasteiger partial charge in [-0.1, -0.05) is 32.0 Å². The lowest BCUT2D eigenvalue weighted by molar-refractivity contribution is 0.460. The summed E-state index contributed by atoms with van der Waals surface area (Å²) in [6.07, 6.45) is 5.26. The zero-order chi connectivity index (χ0) is 13.0. The molecule has 1 aromatic carbocycles. The molecule has 0 atom stereocenters. The first kappa shape index (κ1) is 13.6. The molecule has 0 amide bonds. The van der Waals surface area contributed by atoms with Crippen molar-refractivity contribution in [3.8, 4) is 0 Å². The lowest BCUT2D eigenvalue weighted by Gasteiger charge is -2.28. The Kier molecular flexibility index (Phi) is 4.41. The average Bonchev–Trinajstić information content (AvgIpc) is 2.38. The summed E-state index contributed by atoms with van der Waals surface area (Å²) in [6, 6.07) is 7.12. The maximum atomic E-state index is 3.44. The van der Waals surface area contributed by atoms with Crippen LogP contribution >= 0.6 is 0 Å². The Bertz CT molecular complexity index is 396. The van der Waals surface area contributed by atoms with Crippen LogP contribution in [0.4, 0.5) is 0 Å². The third-order valence-corrected chi connectivity index (χ3v) is 4.00. The number of hydrogen-bond donors (Lipinski definition) is 2. The van der Waals surface area contributed by atoms with E-state index in [1.165, 1.54) is 31.2 Å². The van der Waals surface area contributed by atoms with Crippen LogP contribution in [0.25, 0.3) is 0 Å². The molecule has 0 spiro atoms. The van der Waals surface area contributed by atoms with Crippen molar-refractivity contribution in [1.29, 1.82) is 0 Å². The summed E-state index contributed by atoms with van der Waals surface area (Å²) < 4.78 is 0. The first-order chi connectivity index (χ1) is 8.63. The van der Waals surface area contributed by atoms with Gasteiger partial charge in [0.15, 0.2) is 0 Å². The Balaban J connectivity index is 2.11. The Morgan fingerprint density at radius 2 is 1.83 bits per heavy atom. The molecule has 2 heteroatoms. The molecule has 1 aromatic rings. The van der Waals surface area contributed by atoms with E-state index < -0.39 is 0 Å². The number of rotatable bonds is 5. The lowest BCUT2D eigenvalue weighted by Crippen LogP contribution is -2.37. The summed E-state index contributed by atoms with van der Waals surface area (Å²) in [5.41, 5.74) is 4.82. The highest BCUT2D eigenvalue weighted by molar-refractivity contribution is 5.37. The molecule has 0 fully saturated rings. The highest BCUT2D eigenvalue weighted by Crippen LogP contribution is 2.28. The van der Waals surface area contributed by atoms with Crippen molar-refractivity contribution in [2.45, 2.75) is 44.9 Å². The molecular weight excluding hydrogens is 220 g/mol. The Morgan fingerprint density at radius 3 is 2.56 bits per heavy atom. The summed E-state index contributed by atoms with van der Waals surface area (Å²) in [5.74, 6) is 0. The monoisotopic (exact) mass is 246 g/mol. The van der Waals surface area contributed by atoms with Crippen molar-refractivity contribution in [2.75, 3.05) is 20.3 Å². The summed E-state index contributed by atoms with van der Waals surface area (Å²) in [5, 5.41) is 6.57. The average molecular weight is 246 g/mol. The van der Waals surface area contributed by atoms with Crippen molar-refractivity contribution in [3.63, 3.8) is 0 Å². The molecule has 0 aromatic heterocycles. The number of nitrogens with one attached hydrogen (secondary N) is 2. The van der Waals surface area contributed by atoms with Gasteiger partial charge < -0.3 is 10.6 Å². The van der Waals surface area contributed by atoms with E-state index >= 15 is 0 Å². The van der Waals surface area contributed by atoms with Gasteiger partial charge >= 0.3 is 0 Å². The fourth-order valence-corrected chi connectivity index (χ4v) is 2.76. The molecule has 1 aliphatic rings. The molecule has 0 aliphatic heterocycles. The topological polar surface area (TPSA) is 24.1 Å². The predicted molar refractivity (Wildman–Crippen MR) is 78.0 cm³/mol. The van der Waals surface area contributed by atoms with E-state index in [-0.39, 0.29) is 5.41 Å². The fourth-order valence-electron chi connectivity index (χ4n) is 2.76. The number of benzene rings is 1. The second-order valence-electron chi connectivity index (χ2n) is 6.03. The van der Waals surface area contributed by atoms with Gasteiger partial charge in [-0.05, 0) is 49.4 Å². The van der Waals surface area contributed by atoms with Crippen molar-refractivity contribution >= 4 is 0 Å². The summed E-state index contributed by atoms with van der Waals surface area (Å²) >= 11 is 0. The number of aryl methyl sites for hydroxylation is 2. The van der Waals surface area contributed by atoms with Crippen LogP contribution in [-0.4, -0.2) is 20.3 Å². The second kappa shape index (κ2) is 5.85. The van der Waals surface area contributed by atoms with Crippen molar-refractivity contribution in [1.82, 2.24) is 10.6 Å². The van der Waals surface area contributed by atoms with Gasteiger partial charge in [-0.3, -0.25) is 0 Å². The van der Waals surface area contributed by atoms with Gasteiger partial charge in [-0.2, -0.15) is 0 Å². The summed E-state index contributed by atoms with van der Waals surface area (Å²) in [6.45, 7) is 6.52. The van der Waals surface area contributed by atoms with Crippen LogP contribution in [0.2, 0.25) is 0 Å². The van der Waals surface area contributed by atoms with Gasteiger partial charge in [-0.25, -0.2) is 0 Å². The first-order valence-corrected chi connectivity index (χ1v) is 7.11. The maximum Gasteiger partial charge on any atom is 0.0452 e. The molecular formula is C16H26N2. The molecule has 2 N–H and O–H groups in total. The standard InChI is InChI=1S/C16H26N2/c1-16(2,11-18-12-17-3)15-9-8-13-6-4-5-7-14(13)10-15/h8-10,17-18H,4-7,11-12H2,1-3H3. The van der Waals surface area contributed by atoms with E-state index in [9.17, 15) is 0 Å².